The van der Waals surface area contributed by atoms with Crippen molar-refractivity contribution in [3.8, 4) is 5.75 Å². The van der Waals surface area contributed by atoms with Gasteiger partial charge in [-0.2, -0.15) is 0 Å². The molecule has 0 saturated heterocycles. The molecule has 0 aliphatic carbocycles. The second kappa shape index (κ2) is 8.11. The standard InChI is InChI=1S/C18H19N5O3/c1-12-10-17(23-26-12)20-16-7-6-15(21-22-16)18(24)19-9-8-13-4-3-5-14(11-13)25-2/h3-7,10-11H,8-9H2,1-2H3,(H,19,24)(H,20,22,23). The van der Waals surface area contributed by atoms with Gasteiger partial charge in [0, 0.05) is 12.6 Å². The number of carbonyl (C=O) groups is 1. The average molecular weight is 353 g/mol. The minimum absolute atomic E-state index is 0.248. The van der Waals surface area contributed by atoms with Gasteiger partial charge in [-0.15, -0.1) is 10.2 Å². The van der Waals surface area contributed by atoms with Crippen molar-refractivity contribution in [2.24, 2.45) is 0 Å². The largest absolute Gasteiger partial charge is 0.497 e. The Morgan fingerprint density at radius 3 is 2.73 bits per heavy atom. The van der Waals surface area contributed by atoms with E-state index in [2.05, 4.69) is 26.0 Å². The van der Waals surface area contributed by atoms with Crippen LogP contribution < -0.4 is 15.4 Å². The van der Waals surface area contributed by atoms with Gasteiger partial charge in [-0.25, -0.2) is 0 Å². The van der Waals surface area contributed by atoms with Crippen LogP contribution in [0, 0.1) is 6.92 Å². The van der Waals surface area contributed by atoms with E-state index in [0.717, 1.165) is 11.3 Å². The first kappa shape index (κ1) is 17.4. The van der Waals surface area contributed by atoms with Crippen molar-refractivity contribution in [3.63, 3.8) is 0 Å². The molecule has 1 amide bonds. The molecule has 1 aromatic carbocycles. The van der Waals surface area contributed by atoms with Crippen LogP contribution in [-0.2, 0) is 6.42 Å². The third-order valence-electron chi connectivity index (χ3n) is 3.61. The van der Waals surface area contributed by atoms with E-state index in [1.54, 1.807) is 32.2 Å². The number of carbonyl (C=O) groups excluding carboxylic acids is 1. The van der Waals surface area contributed by atoms with Crippen LogP contribution >= 0.6 is 0 Å². The number of nitrogens with zero attached hydrogens (tertiary/aromatic N) is 3. The van der Waals surface area contributed by atoms with E-state index in [4.69, 9.17) is 9.26 Å². The van der Waals surface area contributed by atoms with Gasteiger partial charge >= 0.3 is 0 Å². The fourth-order valence-corrected chi connectivity index (χ4v) is 2.32. The van der Waals surface area contributed by atoms with Gasteiger partial charge in [0.25, 0.3) is 5.91 Å². The molecule has 0 spiro atoms. The molecule has 134 valence electrons. The molecule has 3 rings (SSSR count). The zero-order chi connectivity index (χ0) is 18.4. The fourth-order valence-electron chi connectivity index (χ4n) is 2.32. The van der Waals surface area contributed by atoms with E-state index < -0.39 is 0 Å². The van der Waals surface area contributed by atoms with Gasteiger partial charge in [0.15, 0.2) is 17.3 Å². The van der Waals surface area contributed by atoms with Crippen LogP contribution in [0.3, 0.4) is 0 Å². The number of benzene rings is 1. The highest BCUT2D eigenvalue weighted by atomic mass is 16.5. The second-order valence-corrected chi connectivity index (χ2v) is 5.61. The molecule has 0 saturated carbocycles. The lowest BCUT2D eigenvalue weighted by Gasteiger charge is -2.06. The van der Waals surface area contributed by atoms with Crippen molar-refractivity contribution in [3.05, 3.63) is 59.5 Å². The second-order valence-electron chi connectivity index (χ2n) is 5.61. The number of amides is 1. The fraction of sp³-hybridized carbons (Fsp3) is 0.222. The Morgan fingerprint density at radius 1 is 1.15 bits per heavy atom. The number of hydrogen-bond acceptors (Lipinski definition) is 7. The molecule has 8 heteroatoms. The molecule has 0 aliphatic heterocycles. The van der Waals surface area contributed by atoms with E-state index in [9.17, 15) is 4.79 Å². The smallest absolute Gasteiger partial charge is 0.271 e. The predicted molar refractivity (Wildman–Crippen MR) is 95.6 cm³/mol. The van der Waals surface area contributed by atoms with Crippen molar-refractivity contribution in [2.75, 3.05) is 19.0 Å². The molecular formula is C18H19N5O3. The normalized spacial score (nSPS) is 10.4. The quantitative estimate of drug-likeness (QED) is 0.673. The van der Waals surface area contributed by atoms with Gasteiger partial charge in [-0.3, -0.25) is 4.79 Å². The van der Waals surface area contributed by atoms with Gasteiger partial charge in [-0.1, -0.05) is 17.3 Å². The zero-order valence-corrected chi connectivity index (χ0v) is 14.5. The zero-order valence-electron chi connectivity index (χ0n) is 14.5. The number of ether oxygens (including phenoxy) is 1. The summed E-state index contributed by atoms with van der Waals surface area (Å²) in [5, 5.41) is 17.5. The summed E-state index contributed by atoms with van der Waals surface area (Å²) in [6.45, 7) is 2.29. The molecule has 26 heavy (non-hydrogen) atoms. The van der Waals surface area contributed by atoms with Crippen LogP contribution in [0.15, 0.2) is 47.0 Å². The number of anilines is 2. The van der Waals surface area contributed by atoms with Crippen molar-refractivity contribution in [1.29, 1.82) is 0 Å². The molecule has 2 heterocycles. The number of rotatable bonds is 7. The van der Waals surface area contributed by atoms with Gasteiger partial charge in [0.05, 0.1) is 7.11 Å². The van der Waals surface area contributed by atoms with E-state index in [1.807, 2.05) is 24.3 Å². The molecule has 0 bridgehead atoms. The van der Waals surface area contributed by atoms with Crippen molar-refractivity contribution < 1.29 is 14.1 Å². The summed E-state index contributed by atoms with van der Waals surface area (Å²) in [5.74, 6) is 2.22. The molecule has 0 radical (unpaired) electrons. The molecule has 0 aliphatic rings. The van der Waals surface area contributed by atoms with Gasteiger partial charge in [0.2, 0.25) is 0 Å². The summed E-state index contributed by atoms with van der Waals surface area (Å²) in [7, 11) is 1.63. The minimum Gasteiger partial charge on any atom is -0.497 e. The Labute approximate surface area is 150 Å². The molecular weight excluding hydrogens is 334 g/mol. The first-order valence-electron chi connectivity index (χ1n) is 8.09. The number of nitrogens with one attached hydrogen (secondary N) is 2. The number of hydrogen-bond donors (Lipinski definition) is 2. The van der Waals surface area contributed by atoms with Crippen LogP contribution in [0.5, 0.6) is 5.75 Å². The number of methoxy groups -OCH3 is 1. The first-order chi connectivity index (χ1) is 12.6. The first-order valence-corrected chi connectivity index (χ1v) is 8.09. The maximum atomic E-state index is 12.1. The van der Waals surface area contributed by atoms with Crippen molar-refractivity contribution >= 4 is 17.5 Å². The third kappa shape index (κ3) is 4.56. The highest BCUT2D eigenvalue weighted by molar-refractivity contribution is 5.92. The Bertz CT molecular complexity index is 877. The summed E-state index contributed by atoms with van der Waals surface area (Å²) in [4.78, 5) is 12.1. The molecule has 2 N–H and O–H groups in total. The Morgan fingerprint density at radius 2 is 2.04 bits per heavy atom. The van der Waals surface area contributed by atoms with Crippen LogP contribution in [0.25, 0.3) is 0 Å². The van der Waals surface area contributed by atoms with Gasteiger partial charge < -0.3 is 19.9 Å². The van der Waals surface area contributed by atoms with Crippen LogP contribution in [0.4, 0.5) is 11.6 Å². The van der Waals surface area contributed by atoms with Gasteiger partial charge in [0.1, 0.15) is 11.5 Å². The minimum atomic E-state index is -0.274. The van der Waals surface area contributed by atoms with E-state index in [0.29, 0.717) is 30.4 Å². The van der Waals surface area contributed by atoms with Crippen LogP contribution in [0.1, 0.15) is 21.8 Å². The number of aromatic nitrogens is 3. The molecule has 2 aromatic heterocycles. The van der Waals surface area contributed by atoms with Crippen molar-refractivity contribution in [2.45, 2.75) is 13.3 Å². The number of aryl methyl sites for hydroxylation is 1. The Kier molecular flexibility index (Phi) is 5.43. The lowest BCUT2D eigenvalue weighted by atomic mass is 10.1. The lowest BCUT2D eigenvalue weighted by Crippen LogP contribution is -2.26. The Balaban J connectivity index is 1.51. The summed E-state index contributed by atoms with van der Waals surface area (Å²) < 4.78 is 10.1. The highest BCUT2D eigenvalue weighted by Crippen LogP contribution is 2.14. The molecule has 0 fully saturated rings. The van der Waals surface area contributed by atoms with Crippen molar-refractivity contribution in [1.82, 2.24) is 20.7 Å². The summed E-state index contributed by atoms with van der Waals surface area (Å²) in [5.41, 5.74) is 1.33. The topological polar surface area (TPSA) is 102 Å². The molecule has 8 nitrogen and oxygen atoms in total. The average Bonchev–Trinajstić information content (AvgIpc) is 3.07. The SMILES string of the molecule is COc1cccc(CCNC(=O)c2ccc(Nc3cc(C)on3)nn2)c1. The van der Waals surface area contributed by atoms with Crippen LogP contribution in [-0.4, -0.2) is 34.9 Å². The maximum Gasteiger partial charge on any atom is 0.271 e. The molecule has 3 aromatic rings. The third-order valence-corrected chi connectivity index (χ3v) is 3.61. The van der Waals surface area contributed by atoms with Crippen LogP contribution in [0.2, 0.25) is 0 Å². The van der Waals surface area contributed by atoms with E-state index in [1.165, 1.54) is 0 Å². The molecule has 0 unspecified atom stereocenters. The van der Waals surface area contributed by atoms with E-state index >= 15 is 0 Å². The van der Waals surface area contributed by atoms with Gasteiger partial charge in [-0.05, 0) is 43.2 Å². The highest BCUT2D eigenvalue weighted by Gasteiger charge is 2.09. The maximum absolute atomic E-state index is 12.1. The predicted octanol–water partition coefficient (Wildman–Crippen LogP) is 2.50. The summed E-state index contributed by atoms with van der Waals surface area (Å²) >= 11 is 0. The summed E-state index contributed by atoms with van der Waals surface area (Å²) in [6.07, 6.45) is 0.696. The van der Waals surface area contributed by atoms with E-state index in [-0.39, 0.29) is 11.6 Å². The lowest BCUT2D eigenvalue weighted by molar-refractivity contribution is 0.0948. The monoisotopic (exact) mass is 353 g/mol. The summed E-state index contributed by atoms with van der Waals surface area (Å²) in [6, 6.07) is 12.7. The molecule has 0 atom stereocenters. The Hall–Kier alpha value is -3.42.